The second kappa shape index (κ2) is 5.90. The van der Waals surface area contributed by atoms with Crippen LogP contribution in [-0.2, 0) is 0 Å². The highest BCUT2D eigenvalue weighted by Crippen LogP contribution is 2.37. The van der Waals surface area contributed by atoms with Crippen LogP contribution in [-0.4, -0.2) is 17.8 Å². The molecular weight excluding hydrogens is 330 g/mol. The van der Waals surface area contributed by atoms with Gasteiger partial charge in [0, 0.05) is 11.6 Å². The van der Waals surface area contributed by atoms with Crippen molar-refractivity contribution in [3.05, 3.63) is 42.5 Å². The van der Waals surface area contributed by atoms with Crippen LogP contribution in [0.4, 0.5) is 26.3 Å². The van der Waals surface area contributed by atoms with E-state index in [0.29, 0.717) is 0 Å². The zero-order chi connectivity index (χ0) is 17.3. The summed E-state index contributed by atoms with van der Waals surface area (Å²) in [5.74, 6) is -1.65. The van der Waals surface area contributed by atoms with E-state index >= 15 is 0 Å². The third-order valence-corrected chi connectivity index (χ3v) is 2.59. The Labute approximate surface area is 125 Å². The van der Waals surface area contributed by atoms with Gasteiger partial charge in [0.15, 0.2) is 0 Å². The summed E-state index contributed by atoms with van der Waals surface area (Å²) < 4.78 is 80.8. The van der Waals surface area contributed by atoms with Crippen LogP contribution in [0.1, 0.15) is 0 Å². The van der Waals surface area contributed by atoms with E-state index in [2.05, 4.69) is 9.47 Å². The predicted octanol–water partition coefficient (Wildman–Crippen LogP) is 4.86. The molecule has 9 heteroatoms. The molecular formula is C14H8F6O3. The van der Waals surface area contributed by atoms with Crippen molar-refractivity contribution in [2.45, 2.75) is 12.7 Å². The van der Waals surface area contributed by atoms with Gasteiger partial charge in [0.2, 0.25) is 0 Å². The fourth-order valence-electron chi connectivity index (χ4n) is 1.79. The maximum absolute atomic E-state index is 12.4. The van der Waals surface area contributed by atoms with Crippen molar-refractivity contribution >= 4 is 0 Å². The molecule has 0 amide bonds. The van der Waals surface area contributed by atoms with Gasteiger partial charge in [-0.3, -0.25) is 0 Å². The second-order valence-electron chi connectivity index (χ2n) is 4.30. The number of phenolic OH excluding ortho intramolecular Hbond substituents is 1. The van der Waals surface area contributed by atoms with E-state index in [-0.39, 0.29) is 11.1 Å². The molecule has 124 valence electrons. The lowest BCUT2D eigenvalue weighted by atomic mass is 10.0. The highest BCUT2D eigenvalue weighted by Gasteiger charge is 2.33. The first-order valence-electron chi connectivity index (χ1n) is 5.98. The zero-order valence-electron chi connectivity index (χ0n) is 11.1. The first-order chi connectivity index (χ1) is 10.5. The van der Waals surface area contributed by atoms with Crippen LogP contribution in [0.25, 0.3) is 11.1 Å². The summed E-state index contributed by atoms with van der Waals surface area (Å²) >= 11 is 0. The third-order valence-electron chi connectivity index (χ3n) is 2.59. The topological polar surface area (TPSA) is 38.7 Å². The van der Waals surface area contributed by atoms with Crippen LogP contribution in [0.5, 0.6) is 17.2 Å². The molecule has 0 saturated heterocycles. The molecule has 0 spiro atoms. The normalized spacial score (nSPS) is 12.1. The Kier molecular flexibility index (Phi) is 4.31. The van der Waals surface area contributed by atoms with E-state index in [1.165, 1.54) is 0 Å². The molecule has 0 fully saturated rings. The number of alkyl halides is 6. The van der Waals surface area contributed by atoms with Crippen LogP contribution in [0, 0.1) is 0 Å². The smallest absolute Gasteiger partial charge is 0.508 e. The standard InChI is InChI=1S/C14H8F6O3/c15-13(16,17)22-10-4-1-8(2-5-10)11-6-3-9(21)7-12(11)23-14(18,19)20/h1-7,21H. The van der Waals surface area contributed by atoms with E-state index < -0.39 is 30.0 Å². The van der Waals surface area contributed by atoms with Crippen LogP contribution >= 0.6 is 0 Å². The second-order valence-corrected chi connectivity index (χ2v) is 4.30. The number of aromatic hydroxyl groups is 1. The van der Waals surface area contributed by atoms with E-state index in [1.807, 2.05) is 0 Å². The van der Waals surface area contributed by atoms with Crippen LogP contribution in [0.15, 0.2) is 42.5 Å². The minimum Gasteiger partial charge on any atom is -0.508 e. The quantitative estimate of drug-likeness (QED) is 0.813. The molecule has 0 aliphatic heterocycles. The van der Waals surface area contributed by atoms with Crippen molar-refractivity contribution in [3.63, 3.8) is 0 Å². The molecule has 0 atom stereocenters. The summed E-state index contributed by atoms with van der Waals surface area (Å²) in [4.78, 5) is 0. The first-order valence-corrected chi connectivity index (χ1v) is 5.98. The van der Waals surface area contributed by atoms with Gasteiger partial charge in [-0.15, -0.1) is 26.3 Å². The molecule has 0 saturated carbocycles. The number of rotatable bonds is 3. The number of hydrogen-bond acceptors (Lipinski definition) is 3. The van der Waals surface area contributed by atoms with Crippen molar-refractivity contribution in [3.8, 4) is 28.4 Å². The molecule has 0 aromatic heterocycles. The zero-order valence-corrected chi connectivity index (χ0v) is 11.1. The number of halogens is 6. The van der Waals surface area contributed by atoms with E-state index in [0.717, 1.165) is 42.5 Å². The monoisotopic (exact) mass is 338 g/mol. The SMILES string of the molecule is Oc1ccc(-c2ccc(OC(F)(F)F)cc2)c(OC(F)(F)F)c1. The largest absolute Gasteiger partial charge is 0.573 e. The molecule has 0 aliphatic carbocycles. The highest BCUT2D eigenvalue weighted by molar-refractivity contribution is 5.72. The Hall–Kier alpha value is -2.58. The molecule has 0 aliphatic rings. The molecule has 23 heavy (non-hydrogen) atoms. The number of phenols is 1. The lowest BCUT2D eigenvalue weighted by Gasteiger charge is -2.14. The summed E-state index contributed by atoms with van der Waals surface area (Å²) in [5, 5.41) is 9.26. The Morgan fingerprint density at radius 3 is 1.83 bits per heavy atom. The maximum atomic E-state index is 12.4. The lowest BCUT2D eigenvalue weighted by Crippen LogP contribution is -2.17. The van der Waals surface area contributed by atoms with Crippen molar-refractivity contribution < 1.29 is 40.9 Å². The van der Waals surface area contributed by atoms with Gasteiger partial charge in [-0.25, -0.2) is 0 Å². The van der Waals surface area contributed by atoms with Gasteiger partial charge < -0.3 is 14.6 Å². The average Bonchev–Trinajstić information content (AvgIpc) is 2.36. The molecule has 0 heterocycles. The van der Waals surface area contributed by atoms with Gasteiger partial charge in [-0.2, -0.15) is 0 Å². The molecule has 2 rings (SSSR count). The fraction of sp³-hybridized carbons (Fsp3) is 0.143. The van der Waals surface area contributed by atoms with Gasteiger partial charge in [-0.1, -0.05) is 12.1 Å². The van der Waals surface area contributed by atoms with Gasteiger partial charge in [-0.05, 0) is 29.8 Å². The molecule has 3 nitrogen and oxygen atoms in total. The minimum atomic E-state index is -4.98. The fourth-order valence-corrected chi connectivity index (χ4v) is 1.79. The van der Waals surface area contributed by atoms with Gasteiger partial charge in [0.05, 0.1) is 0 Å². The van der Waals surface area contributed by atoms with Crippen molar-refractivity contribution in [1.82, 2.24) is 0 Å². The summed E-state index contributed by atoms with van der Waals surface area (Å²) in [6, 6.07) is 7.20. The Balaban J connectivity index is 2.34. The number of benzene rings is 2. The van der Waals surface area contributed by atoms with Crippen LogP contribution in [0.2, 0.25) is 0 Å². The van der Waals surface area contributed by atoms with E-state index in [1.54, 1.807) is 0 Å². The third kappa shape index (κ3) is 4.97. The summed E-state index contributed by atoms with van der Waals surface area (Å²) in [7, 11) is 0. The Morgan fingerprint density at radius 1 is 0.739 bits per heavy atom. The first kappa shape index (κ1) is 16.8. The van der Waals surface area contributed by atoms with Crippen LogP contribution in [0.3, 0.4) is 0 Å². The summed E-state index contributed by atoms with van der Waals surface area (Å²) in [6.07, 6.45) is -9.85. The average molecular weight is 338 g/mol. The summed E-state index contributed by atoms with van der Waals surface area (Å²) in [6.45, 7) is 0. The highest BCUT2D eigenvalue weighted by atomic mass is 19.4. The lowest BCUT2D eigenvalue weighted by molar-refractivity contribution is -0.275. The van der Waals surface area contributed by atoms with Crippen molar-refractivity contribution in [2.24, 2.45) is 0 Å². The molecule has 2 aromatic rings. The minimum absolute atomic E-state index is 0.0568. The predicted molar refractivity (Wildman–Crippen MR) is 66.9 cm³/mol. The van der Waals surface area contributed by atoms with E-state index in [4.69, 9.17) is 0 Å². The number of hydrogen-bond donors (Lipinski definition) is 1. The molecule has 2 aromatic carbocycles. The van der Waals surface area contributed by atoms with Gasteiger partial charge in [0.25, 0.3) is 0 Å². The molecule has 0 unspecified atom stereocenters. The van der Waals surface area contributed by atoms with Crippen molar-refractivity contribution in [1.29, 1.82) is 0 Å². The molecule has 1 N–H and O–H groups in total. The van der Waals surface area contributed by atoms with Gasteiger partial charge >= 0.3 is 12.7 Å². The Bertz CT molecular complexity index is 676. The molecule has 0 radical (unpaired) electrons. The maximum Gasteiger partial charge on any atom is 0.573 e. The van der Waals surface area contributed by atoms with Crippen LogP contribution < -0.4 is 9.47 Å². The molecule has 0 bridgehead atoms. The van der Waals surface area contributed by atoms with Gasteiger partial charge in [0.1, 0.15) is 17.2 Å². The Morgan fingerprint density at radius 2 is 1.30 bits per heavy atom. The van der Waals surface area contributed by atoms with Crippen molar-refractivity contribution in [2.75, 3.05) is 0 Å². The number of ether oxygens (including phenoxy) is 2. The van der Waals surface area contributed by atoms with E-state index in [9.17, 15) is 31.4 Å². The summed E-state index contributed by atoms with van der Waals surface area (Å²) in [5.41, 5.74) is 0.0949.